The van der Waals surface area contributed by atoms with E-state index in [4.69, 9.17) is 0 Å². The zero-order valence-electron chi connectivity index (χ0n) is 11.9. The van der Waals surface area contributed by atoms with Crippen molar-refractivity contribution in [3.8, 4) is 0 Å². The van der Waals surface area contributed by atoms with Crippen LogP contribution >= 0.6 is 31.9 Å². The number of halogens is 2. The van der Waals surface area contributed by atoms with E-state index in [1.165, 1.54) is 0 Å². The van der Waals surface area contributed by atoms with Gasteiger partial charge in [0.15, 0.2) is 0 Å². The van der Waals surface area contributed by atoms with E-state index in [1.807, 2.05) is 25.1 Å². The third-order valence-electron chi connectivity index (χ3n) is 2.69. The summed E-state index contributed by atoms with van der Waals surface area (Å²) >= 11 is 7.05. The Bertz CT molecular complexity index is 452. The molecule has 1 aromatic carbocycles. The van der Waals surface area contributed by atoms with Crippen LogP contribution in [-0.2, 0) is 0 Å². The van der Waals surface area contributed by atoms with Crippen molar-refractivity contribution in [3.05, 3.63) is 33.8 Å². The molecule has 2 nitrogen and oxygen atoms in total. The molecule has 106 valence electrons. The summed E-state index contributed by atoms with van der Waals surface area (Å²) in [5.74, 6) is -0.0368. The van der Waals surface area contributed by atoms with E-state index in [1.54, 1.807) is 0 Å². The van der Waals surface area contributed by atoms with Crippen molar-refractivity contribution < 1.29 is 4.79 Å². The quantitative estimate of drug-likeness (QED) is 0.742. The van der Waals surface area contributed by atoms with Gasteiger partial charge in [-0.2, -0.15) is 0 Å². The fourth-order valence-corrected chi connectivity index (χ4v) is 3.65. The number of alkyl halides is 1. The minimum atomic E-state index is -0.0368. The molecule has 1 atom stereocenters. The molecule has 1 aromatic rings. The van der Waals surface area contributed by atoms with Gasteiger partial charge in [-0.3, -0.25) is 4.79 Å². The van der Waals surface area contributed by atoms with Crippen molar-refractivity contribution in [1.29, 1.82) is 0 Å². The highest BCUT2D eigenvalue weighted by Crippen LogP contribution is 2.24. The van der Waals surface area contributed by atoms with Crippen LogP contribution in [0.4, 0.5) is 0 Å². The zero-order chi connectivity index (χ0) is 14.6. The van der Waals surface area contributed by atoms with Crippen LogP contribution in [-0.4, -0.2) is 17.3 Å². The first-order valence-electron chi connectivity index (χ1n) is 6.37. The Morgan fingerprint density at radius 1 is 1.37 bits per heavy atom. The first-order valence-corrected chi connectivity index (χ1v) is 8.08. The molecule has 0 heterocycles. The lowest BCUT2D eigenvalue weighted by molar-refractivity contribution is 0.0951. The Morgan fingerprint density at radius 3 is 2.53 bits per heavy atom. The molecule has 0 spiro atoms. The van der Waals surface area contributed by atoms with Crippen LogP contribution in [0.3, 0.4) is 0 Å². The second kappa shape index (κ2) is 6.89. The van der Waals surface area contributed by atoms with Gasteiger partial charge in [0, 0.05) is 15.8 Å². The summed E-state index contributed by atoms with van der Waals surface area (Å²) in [6.07, 6.45) is 1.02. The van der Waals surface area contributed by atoms with Gasteiger partial charge in [0.2, 0.25) is 0 Å². The van der Waals surface area contributed by atoms with Crippen LogP contribution in [0, 0.1) is 12.3 Å². The number of benzene rings is 1. The summed E-state index contributed by atoms with van der Waals surface area (Å²) in [6.45, 7) is 9.22. The highest BCUT2D eigenvalue weighted by atomic mass is 79.9. The maximum absolute atomic E-state index is 12.1. The number of amides is 1. The van der Waals surface area contributed by atoms with Crippen LogP contribution in [0.15, 0.2) is 22.7 Å². The largest absolute Gasteiger partial charge is 0.351 e. The van der Waals surface area contributed by atoms with Crippen molar-refractivity contribution in [2.24, 2.45) is 5.41 Å². The average molecular weight is 391 g/mol. The van der Waals surface area contributed by atoms with Crippen LogP contribution in [0.2, 0.25) is 0 Å². The van der Waals surface area contributed by atoms with Crippen molar-refractivity contribution in [2.45, 2.75) is 38.9 Å². The monoisotopic (exact) mass is 389 g/mol. The van der Waals surface area contributed by atoms with Gasteiger partial charge in [0.1, 0.15) is 0 Å². The lowest BCUT2D eigenvalue weighted by atomic mass is 9.90. The average Bonchev–Trinajstić information content (AvgIpc) is 2.23. The first kappa shape index (κ1) is 16.7. The van der Waals surface area contributed by atoms with Gasteiger partial charge in [-0.05, 0) is 52.4 Å². The molecule has 0 fully saturated rings. The molecule has 0 radical (unpaired) electrons. The van der Waals surface area contributed by atoms with Gasteiger partial charge in [0.05, 0.1) is 5.56 Å². The summed E-state index contributed by atoms with van der Waals surface area (Å²) in [4.78, 5) is 12.4. The standard InChI is InChI=1S/C15H21Br2NO/c1-10-5-6-12(13(17)7-10)14(19)18-9-11(16)8-15(2,3)4/h5-7,11H,8-9H2,1-4H3,(H,18,19). The van der Waals surface area contributed by atoms with Gasteiger partial charge in [-0.15, -0.1) is 0 Å². The highest BCUT2D eigenvalue weighted by Gasteiger charge is 2.17. The van der Waals surface area contributed by atoms with E-state index >= 15 is 0 Å². The van der Waals surface area contributed by atoms with Crippen LogP contribution < -0.4 is 5.32 Å². The molecule has 0 aromatic heterocycles. The molecular formula is C15H21Br2NO. The fourth-order valence-electron chi connectivity index (χ4n) is 1.84. The minimum absolute atomic E-state index is 0.0368. The van der Waals surface area contributed by atoms with Crippen LogP contribution in [0.1, 0.15) is 43.1 Å². The fraction of sp³-hybridized carbons (Fsp3) is 0.533. The number of rotatable bonds is 4. The van der Waals surface area contributed by atoms with Gasteiger partial charge in [0.25, 0.3) is 5.91 Å². The van der Waals surface area contributed by atoms with Crippen molar-refractivity contribution in [3.63, 3.8) is 0 Å². The predicted molar refractivity (Wildman–Crippen MR) is 88.0 cm³/mol. The molecule has 0 saturated heterocycles. The lowest BCUT2D eigenvalue weighted by Gasteiger charge is -2.22. The molecule has 1 amide bonds. The number of carbonyl (C=O) groups is 1. The second-order valence-corrected chi connectivity index (χ2v) is 8.20. The minimum Gasteiger partial charge on any atom is -0.351 e. The third-order valence-corrected chi connectivity index (χ3v) is 3.99. The molecule has 19 heavy (non-hydrogen) atoms. The van der Waals surface area contributed by atoms with E-state index in [2.05, 4.69) is 57.9 Å². The number of carbonyl (C=O) groups excluding carboxylic acids is 1. The van der Waals surface area contributed by atoms with E-state index in [0.717, 1.165) is 16.5 Å². The molecule has 0 aliphatic rings. The Balaban J connectivity index is 2.56. The normalized spacial score (nSPS) is 13.2. The molecular weight excluding hydrogens is 370 g/mol. The van der Waals surface area contributed by atoms with Crippen molar-refractivity contribution in [2.75, 3.05) is 6.54 Å². The maximum atomic E-state index is 12.1. The number of nitrogens with one attached hydrogen (secondary N) is 1. The molecule has 0 saturated carbocycles. The topological polar surface area (TPSA) is 29.1 Å². The summed E-state index contributed by atoms with van der Waals surface area (Å²) in [5.41, 5.74) is 2.07. The van der Waals surface area contributed by atoms with E-state index in [-0.39, 0.29) is 11.3 Å². The zero-order valence-corrected chi connectivity index (χ0v) is 15.1. The predicted octanol–water partition coefficient (Wildman–Crippen LogP) is 4.69. The SMILES string of the molecule is Cc1ccc(C(=O)NCC(Br)CC(C)(C)C)c(Br)c1. The molecule has 1 N–H and O–H groups in total. The van der Waals surface area contributed by atoms with Crippen LogP contribution in [0.5, 0.6) is 0 Å². The van der Waals surface area contributed by atoms with Gasteiger partial charge in [-0.1, -0.05) is 42.8 Å². The van der Waals surface area contributed by atoms with E-state index in [9.17, 15) is 4.79 Å². The Morgan fingerprint density at radius 2 is 2.00 bits per heavy atom. The molecule has 1 rings (SSSR count). The smallest absolute Gasteiger partial charge is 0.252 e. The Hall–Kier alpha value is -0.350. The Kier molecular flexibility index (Phi) is 6.06. The summed E-state index contributed by atoms with van der Waals surface area (Å²) in [5, 5.41) is 2.97. The second-order valence-electron chi connectivity index (χ2n) is 6.06. The summed E-state index contributed by atoms with van der Waals surface area (Å²) in [6, 6.07) is 5.75. The van der Waals surface area contributed by atoms with Gasteiger partial charge in [-0.25, -0.2) is 0 Å². The van der Waals surface area contributed by atoms with Crippen molar-refractivity contribution >= 4 is 37.8 Å². The molecule has 0 bridgehead atoms. The van der Waals surface area contributed by atoms with E-state index in [0.29, 0.717) is 16.9 Å². The molecule has 4 heteroatoms. The summed E-state index contributed by atoms with van der Waals surface area (Å²) in [7, 11) is 0. The molecule has 0 aliphatic carbocycles. The maximum Gasteiger partial charge on any atom is 0.252 e. The number of aryl methyl sites for hydroxylation is 1. The lowest BCUT2D eigenvalue weighted by Crippen LogP contribution is -2.31. The Labute approximate surface area is 132 Å². The van der Waals surface area contributed by atoms with E-state index < -0.39 is 0 Å². The highest BCUT2D eigenvalue weighted by molar-refractivity contribution is 9.10. The molecule has 1 unspecified atom stereocenters. The number of hydrogen-bond acceptors (Lipinski definition) is 1. The van der Waals surface area contributed by atoms with Gasteiger partial charge < -0.3 is 5.32 Å². The first-order chi connectivity index (χ1) is 8.69. The van der Waals surface area contributed by atoms with Gasteiger partial charge >= 0.3 is 0 Å². The molecule has 0 aliphatic heterocycles. The number of hydrogen-bond donors (Lipinski definition) is 1. The summed E-state index contributed by atoms with van der Waals surface area (Å²) < 4.78 is 0.840. The third kappa shape index (κ3) is 6.09. The van der Waals surface area contributed by atoms with Crippen LogP contribution in [0.25, 0.3) is 0 Å². The van der Waals surface area contributed by atoms with Crippen molar-refractivity contribution in [1.82, 2.24) is 5.32 Å².